The first-order chi connectivity index (χ1) is 11.2. The minimum Gasteiger partial charge on any atom is -0.383 e. The fourth-order valence-electron chi connectivity index (χ4n) is 2.05. The Bertz CT molecular complexity index is 468. The van der Waals surface area contributed by atoms with Crippen LogP contribution in [0.5, 0.6) is 0 Å². The second kappa shape index (κ2) is 11.8. The van der Waals surface area contributed by atoms with Gasteiger partial charge in [0.1, 0.15) is 5.82 Å². The lowest BCUT2D eigenvalue weighted by Gasteiger charge is -2.17. The summed E-state index contributed by atoms with van der Waals surface area (Å²) in [5.41, 5.74) is 0.601. The molecule has 0 aromatic heterocycles. The van der Waals surface area contributed by atoms with Gasteiger partial charge in [-0.25, -0.2) is 9.38 Å². The molecule has 1 rings (SSSR count). The predicted octanol–water partition coefficient (Wildman–Crippen LogP) is 1.85. The summed E-state index contributed by atoms with van der Waals surface area (Å²) in [4.78, 5) is 6.66. The topological polar surface area (TPSA) is 48.9 Å². The van der Waals surface area contributed by atoms with Crippen LogP contribution in [0, 0.1) is 5.82 Å². The largest absolute Gasteiger partial charge is 0.383 e. The van der Waals surface area contributed by atoms with Crippen LogP contribution in [0.2, 0.25) is 0 Å². The predicted molar refractivity (Wildman–Crippen MR) is 93.2 cm³/mol. The number of halogens is 1. The molecule has 0 heterocycles. The van der Waals surface area contributed by atoms with E-state index in [1.807, 2.05) is 13.0 Å². The normalized spacial score (nSPS) is 11.8. The van der Waals surface area contributed by atoms with Crippen molar-refractivity contribution in [3.05, 3.63) is 35.6 Å². The van der Waals surface area contributed by atoms with E-state index >= 15 is 0 Å². The molecule has 130 valence electrons. The number of nitrogens with zero attached hydrogens (tertiary/aromatic N) is 2. The van der Waals surface area contributed by atoms with Gasteiger partial charge < -0.3 is 20.3 Å². The molecule has 0 fully saturated rings. The number of benzene rings is 1. The molecule has 0 unspecified atom stereocenters. The summed E-state index contributed by atoms with van der Waals surface area (Å²) in [6.07, 6.45) is 1.00. The maximum Gasteiger partial charge on any atom is 0.191 e. The Morgan fingerprint density at radius 2 is 2.04 bits per heavy atom. The van der Waals surface area contributed by atoms with E-state index < -0.39 is 0 Å². The number of nitrogens with one attached hydrogen (secondary N) is 2. The van der Waals surface area contributed by atoms with Gasteiger partial charge in [-0.3, -0.25) is 0 Å². The third-order valence-corrected chi connectivity index (χ3v) is 3.40. The van der Waals surface area contributed by atoms with Crippen molar-refractivity contribution in [2.75, 3.05) is 46.9 Å². The molecular weight excluding hydrogens is 295 g/mol. The van der Waals surface area contributed by atoms with Gasteiger partial charge in [0.2, 0.25) is 0 Å². The van der Waals surface area contributed by atoms with Crippen LogP contribution in [-0.4, -0.2) is 57.8 Å². The molecule has 0 aliphatic heterocycles. The van der Waals surface area contributed by atoms with E-state index in [-0.39, 0.29) is 5.82 Å². The Balaban J connectivity index is 2.37. The molecule has 1 aromatic rings. The van der Waals surface area contributed by atoms with Crippen molar-refractivity contribution in [2.45, 2.75) is 19.9 Å². The summed E-state index contributed by atoms with van der Waals surface area (Å²) in [5, 5.41) is 6.46. The van der Waals surface area contributed by atoms with Crippen LogP contribution in [0.4, 0.5) is 4.39 Å². The maximum absolute atomic E-state index is 13.6. The average molecular weight is 324 g/mol. The summed E-state index contributed by atoms with van der Waals surface area (Å²) in [5.74, 6) is 0.502. The van der Waals surface area contributed by atoms with E-state index in [4.69, 9.17) is 4.74 Å². The van der Waals surface area contributed by atoms with Crippen LogP contribution in [0.25, 0.3) is 0 Å². The Hall–Kier alpha value is -1.66. The number of likely N-dealkylation sites (N-methyl/N-ethyl adjacent to an activating group) is 1. The Labute approximate surface area is 138 Å². The Morgan fingerprint density at radius 3 is 2.74 bits per heavy atom. The molecule has 2 N–H and O–H groups in total. The molecule has 0 saturated heterocycles. The van der Waals surface area contributed by atoms with E-state index in [1.165, 1.54) is 6.07 Å². The van der Waals surface area contributed by atoms with Gasteiger partial charge in [0, 0.05) is 32.3 Å². The van der Waals surface area contributed by atoms with Gasteiger partial charge in [-0.15, -0.1) is 0 Å². The zero-order chi connectivity index (χ0) is 16.9. The number of ether oxygens (including phenoxy) is 1. The lowest BCUT2D eigenvalue weighted by Crippen LogP contribution is -2.38. The summed E-state index contributed by atoms with van der Waals surface area (Å²) >= 11 is 0. The molecule has 1 aromatic carbocycles. The smallest absolute Gasteiger partial charge is 0.191 e. The summed E-state index contributed by atoms with van der Waals surface area (Å²) in [6.45, 7) is 6.60. The van der Waals surface area contributed by atoms with Crippen LogP contribution in [-0.2, 0) is 11.3 Å². The molecular formula is C17H29FN4O. The lowest BCUT2D eigenvalue weighted by molar-refractivity contribution is 0.161. The molecule has 0 bridgehead atoms. The van der Waals surface area contributed by atoms with Crippen molar-refractivity contribution in [2.24, 2.45) is 4.99 Å². The molecule has 0 aliphatic carbocycles. The quantitative estimate of drug-likeness (QED) is 0.392. The number of hydrogen-bond acceptors (Lipinski definition) is 3. The van der Waals surface area contributed by atoms with Gasteiger partial charge in [-0.05, 0) is 33.0 Å². The molecule has 6 heteroatoms. The van der Waals surface area contributed by atoms with Crippen molar-refractivity contribution in [1.82, 2.24) is 15.5 Å². The van der Waals surface area contributed by atoms with Crippen molar-refractivity contribution >= 4 is 5.96 Å². The number of rotatable bonds is 10. The minimum atomic E-state index is -0.216. The van der Waals surface area contributed by atoms with Crippen LogP contribution in [0.3, 0.4) is 0 Å². The highest BCUT2D eigenvalue weighted by molar-refractivity contribution is 5.79. The zero-order valence-electron chi connectivity index (χ0n) is 14.4. The first-order valence-electron chi connectivity index (χ1n) is 8.10. The highest BCUT2D eigenvalue weighted by atomic mass is 19.1. The van der Waals surface area contributed by atoms with Gasteiger partial charge in [-0.1, -0.05) is 18.2 Å². The van der Waals surface area contributed by atoms with Gasteiger partial charge >= 0.3 is 0 Å². The first kappa shape index (κ1) is 19.4. The molecule has 0 saturated carbocycles. The minimum absolute atomic E-state index is 0.216. The number of methoxy groups -OCH3 is 1. The van der Waals surface area contributed by atoms with Gasteiger partial charge in [0.05, 0.1) is 13.2 Å². The average Bonchev–Trinajstić information content (AvgIpc) is 2.55. The third-order valence-electron chi connectivity index (χ3n) is 3.40. The fourth-order valence-corrected chi connectivity index (χ4v) is 2.05. The van der Waals surface area contributed by atoms with Crippen molar-refractivity contribution in [1.29, 1.82) is 0 Å². The van der Waals surface area contributed by atoms with Crippen molar-refractivity contribution in [3.63, 3.8) is 0 Å². The first-order valence-corrected chi connectivity index (χ1v) is 8.10. The third kappa shape index (κ3) is 8.52. The molecule has 0 amide bonds. The molecule has 0 radical (unpaired) electrons. The van der Waals surface area contributed by atoms with Crippen LogP contribution >= 0.6 is 0 Å². The maximum atomic E-state index is 13.6. The molecule has 23 heavy (non-hydrogen) atoms. The van der Waals surface area contributed by atoms with Gasteiger partial charge in [-0.2, -0.15) is 0 Å². The van der Waals surface area contributed by atoms with Crippen LogP contribution in [0.1, 0.15) is 18.9 Å². The van der Waals surface area contributed by atoms with E-state index in [1.54, 1.807) is 19.2 Å². The monoisotopic (exact) mass is 324 g/mol. The van der Waals surface area contributed by atoms with Crippen molar-refractivity contribution in [3.8, 4) is 0 Å². The van der Waals surface area contributed by atoms with E-state index in [2.05, 4.69) is 27.6 Å². The summed E-state index contributed by atoms with van der Waals surface area (Å²) < 4.78 is 18.7. The van der Waals surface area contributed by atoms with E-state index in [0.717, 1.165) is 45.2 Å². The SMILES string of the molecule is CCNC(=NCc1ccccc1F)NCCCN(C)CCOC. The van der Waals surface area contributed by atoms with Crippen molar-refractivity contribution < 1.29 is 9.13 Å². The molecule has 0 aliphatic rings. The fraction of sp³-hybridized carbons (Fsp3) is 0.588. The second-order valence-corrected chi connectivity index (χ2v) is 5.36. The second-order valence-electron chi connectivity index (χ2n) is 5.36. The van der Waals surface area contributed by atoms with Crippen LogP contribution in [0.15, 0.2) is 29.3 Å². The molecule has 0 atom stereocenters. The standard InChI is InChI=1S/C17H29FN4O/c1-4-19-17(20-10-7-11-22(2)12-13-23-3)21-14-15-8-5-6-9-16(15)18/h5-6,8-9H,4,7,10-14H2,1-3H3,(H2,19,20,21). The highest BCUT2D eigenvalue weighted by Crippen LogP contribution is 2.07. The number of hydrogen-bond donors (Lipinski definition) is 2. The molecule has 5 nitrogen and oxygen atoms in total. The number of aliphatic imine (C=N–C) groups is 1. The van der Waals surface area contributed by atoms with Crippen LogP contribution < -0.4 is 10.6 Å². The summed E-state index contributed by atoms with van der Waals surface area (Å²) in [7, 11) is 3.79. The summed E-state index contributed by atoms with van der Waals surface area (Å²) in [6, 6.07) is 6.73. The number of guanidine groups is 1. The van der Waals surface area contributed by atoms with Gasteiger partial charge in [0.15, 0.2) is 5.96 Å². The Kier molecular flexibility index (Phi) is 9.99. The highest BCUT2D eigenvalue weighted by Gasteiger charge is 2.02. The van der Waals surface area contributed by atoms with Gasteiger partial charge in [0.25, 0.3) is 0 Å². The van der Waals surface area contributed by atoms with E-state index in [0.29, 0.717) is 12.1 Å². The van der Waals surface area contributed by atoms with E-state index in [9.17, 15) is 4.39 Å². The molecule has 0 spiro atoms. The Morgan fingerprint density at radius 1 is 1.26 bits per heavy atom. The zero-order valence-corrected chi connectivity index (χ0v) is 14.4. The lowest BCUT2D eigenvalue weighted by atomic mass is 10.2.